The smallest absolute Gasteiger partial charge is 0.214 e. The van der Waals surface area contributed by atoms with Crippen molar-refractivity contribution in [3.63, 3.8) is 0 Å². The van der Waals surface area contributed by atoms with Crippen LogP contribution < -0.4 is 0 Å². The number of aliphatic hydroxyl groups is 1. The van der Waals surface area contributed by atoms with Crippen LogP contribution in [0.3, 0.4) is 0 Å². The van der Waals surface area contributed by atoms with Gasteiger partial charge in [-0.05, 0) is 47.5 Å². The van der Waals surface area contributed by atoms with E-state index in [1.807, 2.05) is 26.0 Å². The third kappa shape index (κ3) is 3.50. The summed E-state index contributed by atoms with van der Waals surface area (Å²) in [7, 11) is 0. The van der Waals surface area contributed by atoms with Gasteiger partial charge in [-0.3, -0.25) is 0 Å². The topological polar surface area (TPSA) is 63.8 Å². The van der Waals surface area contributed by atoms with Crippen LogP contribution in [0.25, 0.3) is 5.69 Å². The number of thioether (sulfide) groups is 1. The molecule has 7 heteroatoms. The van der Waals surface area contributed by atoms with Crippen LogP contribution in [0.2, 0.25) is 5.02 Å². The summed E-state index contributed by atoms with van der Waals surface area (Å²) in [6.45, 7) is 3.96. The van der Waals surface area contributed by atoms with Crippen molar-refractivity contribution in [3.05, 3.63) is 29.3 Å². The zero-order chi connectivity index (χ0) is 14.6. The van der Waals surface area contributed by atoms with Crippen molar-refractivity contribution in [2.24, 2.45) is 0 Å². The van der Waals surface area contributed by atoms with E-state index in [2.05, 4.69) is 15.5 Å². The van der Waals surface area contributed by atoms with Gasteiger partial charge in [-0.15, -0.1) is 5.10 Å². The van der Waals surface area contributed by atoms with E-state index < -0.39 is 5.60 Å². The molecule has 1 N–H and O–H groups in total. The van der Waals surface area contributed by atoms with Crippen molar-refractivity contribution in [3.8, 4) is 5.69 Å². The largest absolute Gasteiger partial charge is 0.389 e. The molecule has 0 saturated carbocycles. The van der Waals surface area contributed by atoms with Crippen LogP contribution in [0, 0.1) is 0 Å². The Balaban J connectivity index is 2.15. The molecule has 20 heavy (non-hydrogen) atoms. The van der Waals surface area contributed by atoms with Gasteiger partial charge in [0.05, 0.1) is 11.3 Å². The first-order chi connectivity index (χ1) is 9.58. The minimum atomic E-state index is -0.679. The van der Waals surface area contributed by atoms with Crippen LogP contribution >= 0.6 is 23.4 Å². The second kappa shape index (κ2) is 6.56. The monoisotopic (exact) mass is 312 g/mol. The maximum absolute atomic E-state index is 10.3. The van der Waals surface area contributed by atoms with Crippen molar-refractivity contribution in [2.75, 3.05) is 5.75 Å². The molecule has 108 valence electrons. The molecule has 1 heterocycles. The van der Waals surface area contributed by atoms with Crippen LogP contribution in [0.15, 0.2) is 29.4 Å². The average Bonchev–Trinajstić information content (AvgIpc) is 2.94. The summed E-state index contributed by atoms with van der Waals surface area (Å²) < 4.78 is 1.65. The summed E-state index contributed by atoms with van der Waals surface area (Å²) in [5.74, 6) is 0.563. The number of benzene rings is 1. The molecule has 0 aliphatic rings. The number of rotatable bonds is 6. The lowest BCUT2D eigenvalue weighted by Gasteiger charge is -2.23. The second-order valence-electron chi connectivity index (χ2n) is 4.57. The first-order valence-electron chi connectivity index (χ1n) is 6.47. The van der Waals surface area contributed by atoms with E-state index in [1.54, 1.807) is 16.8 Å². The normalized spacial score (nSPS) is 11.8. The molecule has 0 spiro atoms. The molecule has 5 nitrogen and oxygen atoms in total. The molecule has 2 aromatic rings. The van der Waals surface area contributed by atoms with Gasteiger partial charge in [-0.1, -0.05) is 37.2 Å². The lowest BCUT2D eigenvalue weighted by Crippen LogP contribution is -2.29. The fourth-order valence-electron chi connectivity index (χ4n) is 1.67. The van der Waals surface area contributed by atoms with E-state index >= 15 is 0 Å². The first kappa shape index (κ1) is 15.3. The second-order valence-corrected chi connectivity index (χ2v) is 5.95. The highest BCUT2D eigenvalue weighted by Gasteiger charge is 2.24. The fourth-order valence-corrected chi connectivity index (χ4v) is 2.96. The van der Waals surface area contributed by atoms with Gasteiger partial charge in [0.25, 0.3) is 0 Å². The third-order valence-electron chi connectivity index (χ3n) is 3.30. The maximum Gasteiger partial charge on any atom is 0.214 e. The molecule has 0 unspecified atom stereocenters. The van der Waals surface area contributed by atoms with Gasteiger partial charge in [0.15, 0.2) is 0 Å². The summed E-state index contributed by atoms with van der Waals surface area (Å²) in [4.78, 5) is 0. The average molecular weight is 313 g/mol. The van der Waals surface area contributed by atoms with Gasteiger partial charge in [0.1, 0.15) is 0 Å². The Hall–Kier alpha value is -1.11. The lowest BCUT2D eigenvalue weighted by molar-refractivity contribution is 0.0571. The standard InChI is InChI=1S/C13H17ClN4OS/c1-3-13(19,4-2)9-20-12-15-16-17-18(12)11-7-5-10(14)6-8-11/h5-8,19H,3-4,9H2,1-2H3. The summed E-state index contributed by atoms with van der Waals surface area (Å²) in [6.07, 6.45) is 1.41. The van der Waals surface area contributed by atoms with Crippen molar-refractivity contribution < 1.29 is 5.11 Å². The molecule has 1 aromatic heterocycles. The van der Waals surface area contributed by atoms with Gasteiger partial charge in [0, 0.05) is 10.8 Å². The number of hydrogen-bond donors (Lipinski definition) is 1. The van der Waals surface area contributed by atoms with Crippen LogP contribution in [-0.2, 0) is 0 Å². The van der Waals surface area contributed by atoms with E-state index in [4.69, 9.17) is 11.6 Å². The van der Waals surface area contributed by atoms with Crippen LogP contribution in [-0.4, -0.2) is 36.7 Å². The summed E-state index contributed by atoms with van der Waals surface area (Å²) >= 11 is 7.32. The molecular formula is C13H17ClN4OS. The molecule has 0 fully saturated rings. The zero-order valence-electron chi connectivity index (χ0n) is 11.5. The van der Waals surface area contributed by atoms with Crippen LogP contribution in [0.4, 0.5) is 0 Å². The van der Waals surface area contributed by atoms with Crippen molar-refractivity contribution in [2.45, 2.75) is 37.4 Å². The van der Waals surface area contributed by atoms with E-state index in [0.717, 1.165) is 5.69 Å². The first-order valence-corrected chi connectivity index (χ1v) is 7.84. The molecular weight excluding hydrogens is 296 g/mol. The van der Waals surface area contributed by atoms with Gasteiger partial charge >= 0.3 is 0 Å². The zero-order valence-corrected chi connectivity index (χ0v) is 13.0. The van der Waals surface area contributed by atoms with Crippen molar-refractivity contribution >= 4 is 23.4 Å². The molecule has 0 saturated heterocycles. The summed E-state index contributed by atoms with van der Waals surface area (Å²) in [6, 6.07) is 7.30. The highest BCUT2D eigenvalue weighted by atomic mass is 35.5. The summed E-state index contributed by atoms with van der Waals surface area (Å²) in [5, 5.41) is 23.3. The maximum atomic E-state index is 10.3. The number of halogens is 1. The predicted molar refractivity (Wildman–Crippen MR) is 80.4 cm³/mol. The van der Waals surface area contributed by atoms with E-state index in [9.17, 15) is 5.11 Å². The molecule has 0 amide bonds. The van der Waals surface area contributed by atoms with Gasteiger partial charge in [-0.25, -0.2) is 0 Å². The molecule has 0 bridgehead atoms. The van der Waals surface area contributed by atoms with Crippen LogP contribution in [0.1, 0.15) is 26.7 Å². The molecule has 2 rings (SSSR count). The minimum absolute atomic E-state index is 0.563. The van der Waals surface area contributed by atoms with Crippen molar-refractivity contribution in [1.82, 2.24) is 20.2 Å². The highest BCUT2D eigenvalue weighted by molar-refractivity contribution is 7.99. The molecule has 1 aromatic carbocycles. The number of aromatic nitrogens is 4. The molecule has 0 atom stereocenters. The Bertz CT molecular complexity index is 554. The Labute approximate surface area is 127 Å². The minimum Gasteiger partial charge on any atom is -0.389 e. The Morgan fingerprint density at radius 3 is 2.50 bits per heavy atom. The van der Waals surface area contributed by atoms with E-state index in [1.165, 1.54) is 11.8 Å². The highest BCUT2D eigenvalue weighted by Crippen LogP contribution is 2.26. The lowest BCUT2D eigenvalue weighted by atomic mass is 10.0. The molecule has 0 aliphatic carbocycles. The van der Waals surface area contributed by atoms with E-state index in [-0.39, 0.29) is 0 Å². The Morgan fingerprint density at radius 1 is 1.25 bits per heavy atom. The Kier molecular flexibility index (Phi) is 5.01. The number of hydrogen-bond acceptors (Lipinski definition) is 5. The predicted octanol–water partition coefficient (Wildman–Crippen LogP) is 2.96. The summed E-state index contributed by atoms with van der Waals surface area (Å²) in [5.41, 5.74) is 0.167. The van der Waals surface area contributed by atoms with Crippen LogP contribution in [0.5, 0.6) is 0 Å². The Morgan fingerprint density at radius 2 is 1.90 bits per heavy atom. The van der Waals surface area contributed by atoms with Gasteiger partial charge in [-0.2, -0.15) is 4.68 Å². The fraction of sp³-hybridized carbons (Fsp3) is 0.462. The quantitative estimate of drug-likeness (QED) is 0.831. The van der Waals surface area contributed by atoms with E-state index in [0.29, 0.717) is 28.8 Å². The number of tetrazole rings is 1. The van der Waals surface area contributed by atoms with Gasteiger partial charge < -0.3 is 5.11 Å². The number of nitrogens with zero attached hydrogens (tertiary/aromatic N) is 4. The van der Waals surface area contributed by atoms with Gasteiger partial charge in [0.2, 0.25) is 5.16 Å². The SMILES string of the molecule is CCC(O)(CC)CSc1nnnn1-c1ccc(Cl)cc1. The van der Waals surface area contributed by atoms with Crippen molar-refractivity contribution in [1.29, 1.82) is 0 Å². The molecule has 0 aliphatic heterocycles. The third-order valence-corrected chi connectivity index (χ3v) is 4.74. The molecule has 0 radical (unpaired) electrons.